The molecule has 0 amide bonds. The van der Waals surface area contributed by atoms with Crippen LogP contribution in [-0.2, 0) is 4.74 Å². The summed E-state index contributed by atoms with van der Waals surface area (Å²) < 4.78 is 46.4. The highest BCUT2D eigenvalue weighted by Gasteiger charge is 2.33. The molecule has 0 radical (unpaired) electrons. The minimum atomic E-state index is -4.29. The second-order valence-corrected chi connectivity index (χ2v) is 8.36. The average Bonchev–Trinajstić information content (AvgIpc) is 3.28. The first-order chi connectivity index (χ1) is 16.2. The molecular formula is C20H27F3N6O4S. The number of allylic oxidation sites excluding steroid dienone is 1. The fourth-order valence-electron chi connectivity index (χ4n) is 2.68. The Kier molecular flexibility index (Phi) is 11.2. The molecule has 3 aliphatic rings. The number of carboxylic acids is 1. The van der Waals surface area contributed by atoms with Crippen molar-refractivity contribution in [2.24, 2.45) is 4.40 Å². The van der Waals surface area contributed by atoms with Crippen LogP contribution in [-0.4, -0.2) is 79.1 Å². The number of carbonyl (C=O) groups is 1. The van der Waals surface area contributed by atoms with Crippen LogP contribution >= 0.6 is 12.1 Å². The van der Waals surface area contributed by atoms with Crippen molar-refractivity contribution in [1.29, 1.82) is 0 Å². The van der Waals surface area contributed by atoms with Gasteiger partial charge in [-0.05, 0) is 12.1 Å². The van der Waals surface area contributed by atoms with E-state index in [-0.39, 0.29) is 11.8 Å². The average molecular weight is 505 g/mol. The van der Waals surface area contributed by atoms with Gasteiger partial charge in [0.25, 0.3) is 0 Å². The Labute approximate surface area is 198 Å². The van der Waals surface area contributed by atoms with Gasteiger partial charge in [0.1, 0.15) is 12.4 Å². The Balaban J connectivity index is 0.000000170. The van der Waals surface area contributed by atoms with Crippen molar-refractivity contribution >= 4 is 30.0 Å². The number of hydrogen-bond acceptors (Lipinski definition) is 9. The molecule has 0 unspecified atom stereocenters. The van der Waals surface area contributed by atoms with E-state index < -0.39 is 17.7 Å². The van der Waals surface area contributed by atoms with E-state index in [0.717, 1.165) is 24.5 Å². The maximum atomic E-state index is 11.9. The number of nitrogens with zero attached hydrogens (tertiary/aromatic N) is 6. The fraction of sp³-hybridized carbons (Fsp3) is 0.550. The van der Waals surface area contributed by atoms with Crippen LogP contribution in [0.2, 0.25) is 0 Å². The second kappa shape index (κ2) is 13.9. The quantitative estimate of drug-likeness (QED) is 0.561. The van der Waals surface area contributed by atoms with Gasteiger partial charge in [-0.2, -0.15) is 22.8 Å². The van der Waals surface area contributed by atoms with E-state index in [9.17, 15) is 18.0 Å². The molecule has 2 aromatic rings. The standard InChI is InChI=1S/C6H4N4O2.C6H12.C5H5F3N2S.C3H6O2/c11-6(12)4-1-2-5-8-7-3-10(5)9-4;1-2-4-6-5-3-1;1-10-3-4(2-9-11-10)5(6,7)8;4-3-1-5-2-3/h1-3H,(H,11,12);1-6H2;2-3H,1H3;3-4H,1-2H2. The third-order valence-electron chi connectivity index (χ3n) is 4.52. The number of alkyl halides is 3. The summed E-state index contributed by atoms with van der Waals surface area (Å²) in [4.78, 5) is 10.4. The molecule has 0 aromatic carbocycles. The third-order valence-corrected chi connectivity index (χ3v) is 5.08. The number of hydrogen-bond donors (Lipinski definition) is 2. The topological polar surface area (TPSA) is 125 Å². The molecule has 14 heteroatoms. The molecule has 188 valence electrons. The Hall–Kier alpha value is -2.71. The van der Waals surface area contributed by atoms with Crippen molar-refractivity contribution in [3.05, 3.63) is 35.9 Å². The predicted molar refractivity (Wildman–Crippen MR) is 120 cm³/mol. The molecule has 1 aliphatic carbocycles. The number of carboxylic acid groups (broad SMARTS) is 1. The number of aromatic carboxylic acids is 1. The molecule has 34 heavy (non-hydrogen) atoms. The summed E-state index contributed by atoms with van der Waals surface area (Å²) in [7, 11) is 1.51. The number of aromatic nitrogens is 4. The summed E-state index contributed by atoms with van der Waals surface area (Å²) in [6.07, 6.45) is 7.71. The lowest BCUT2D eigenvalue weighted by Gasteiger charge is -2.18. The molecule has 2 aromatic heterocycles. The van der Waals surface area contributed by atoms with Crippen LogP contribution in [0, 0.1) is 0 Å². The largest absolute Gasteiger partial charge is 0.476 e. The van der Waals surface area contributed by atoms with Crippen molar-refractivity contribution in [2.45, 2.75) is 50.8 Å². The highest BCUT2D eigenvalue weighted by atomic mass is 32.2. The van der Waals surface area contributed by atoms with E-state index in [1.54, 1.807) is 6.07 Å². The molecule has 2 fully saturated rings. The zero-order chi connectivity index (χ0) is 25.0. The molecule has 0 spiro atoms. The van der Waals surface area contributed by atoms with Crippen molar-refractivity contribution in [2.75, 3.05) is 20.3 Å². The monoisotopic (exact) mass is 504 g/mol. The van der Waals surface area contributed by atoms with Gasteiger partial charge in [0.2, 0.25) is 0 Å². The smallest absolute Gasteiger partial charge is 0.419 e. The van der Waals surface area contributed by atoms with Crippen LogP contribution in [0.5, 0.6) is 0 Å². The van der Waals surface area contributed by atoms with E-state index in [1.807, 2.05) is 0 Å². The summed E-state index contributed by atoms with van der Waals surface area (Å²) in [5.74, 6) is -1.06. The molecule has 1 saturated heterocycles. The number of aliphatic hydroxyl groups excluding tert-OH is 1. The normalized spacial score (nSPS) is 17.7. The van der Waals surface area contributed by atoms with Crippen molar-refractivity contribution in [3.63, 3.8) is 0 Å². The number of rotatable bonds is 1. The second-order valence-electron chi connectivity index (χ2n) is 7.41. The highest BCUT2D eigenvalue weighted by molar-refractivity contribution is 7.96. The summed E-state index contributed by atoms with van der Waals surface area (Å²) in [5, 5.41) is 27.9. The maximum Gasteiger partial charge on any atom is 0.419 e. The van der Waals surface area contributed by atoms with E-state index in [1.165, 1.54) is 66.8 Å². The minimum absolute atomic E-state index is 0.0256. The van der Waals surface area contributed by atoms with Crippen molar-refractivity contribution < 1.29 is 32.9 Å². The summed E-state index contributed by atoms with van der Waals surface area (Å²) in [5.41, 5.74) is -0.221. The van der Waals surface area contributed by atoms with E-state index >= 15 is 0 Å². The van der Waals surface area contributed by atoms with E-state index in [0.29, 0.717) is 18.9 Å². The van der Waals surface area contributed by atoms with Gasteiger partial charge in [-0.3, -0.25) is 0 Å². The Bertz CT molecular complexity index is 950. The fourth-order valence-corrected chi connectivity index (χ4v) is 3.15. The van der Waals surface area contributed by atoms with Gasteiger partial charge in [0.15, 0.2) is 11.3 Å². The predicted octanol–water partition coefficient (Wildman–Crippen LogP) is 3.55. The highest BCUT2D eigenvalue weighted by Crippen LogP contribution is 2.28. The number of aliphatic hydroxyl groups is 1. The van der Waals surface area contributed by atoms with Gasteiger partial charge in [0.05, 0.1) is 37.1 Å². The number of halogens is 3. The first-order valence-corrected chi connectivity index (χ1v) is 11.3. The molecule has 4 heterocycles. The molecule has 10 nitrogen and oxygen atoms in total. The Morgan fingerprint density at radius 2 is 1.74 bits per heavy atom. The Morgan fingerprint density at radius 1 is 1.15 bits per heavy atom. The Morgan fingerprint density at radius 3 is 2.15 bits per heavy atom. The van der Waals surface area contributed by atoms with Crippen LogP contribution in [0.15, 0.2) is 34.6 Å². The molecule has 0 atom stereocenters. The zero-order valence-corrected chi connectivity index (χ0v) is 19.4. The van der Waals surface area contributed by atoms with Gasteiger partial charge in [-0.25, -0.2) is 9.19 Å². The number of ether oxygens (including phenoxy) is 1. The molecule has 2 aliphatic heterocycles. The minimum Gasteiger partial charge on any atom is -0.476 e. The maximum absolute atomic E-state index is 11.9. The molecule has 1 saturated carbocycles. The molecule has 5 rings (SSSR count). The molecular weight excluding hydrogens is 477 g/mol. The van der Waals surface area contributed by atoms with E-state index in [2.05, 4.69) is 24.4 Å². The lowest BCUT2D eigenvalue weighted by molar-refractivity contribution is -0.0936. The van der Waals surface area contributed by atoms with Crippen LogP contribution in [0.1, 0.15) is 49.0 Å². The SMILES string of the molecule is C1CCCCC1.CN1C=C(C(F)(F)F)C=NS1.O=C(O)c1ccc2nncn2n1.OC1COC1. The van der Waals surface area contributed by atoms with Gasteiger partial charge in [0, 0.05) is 13.2 Å². The van der Waals surface area contributed by atoms with Crippen molar-refractivity contribution in [3.8, 4) is 0 Å². The van der Waals surface area contributed by atoms with Gasteiger partial charge in [-0.1, -0.05) is 38.5 Å². The summed E-state index contributed by atoms with van der Waals surface area (Å²) >= 11 is 0.964. The van der Waals surface area contributed by atoms with Crippen LogP contribution in [0.4, 0.5) is 13.2 Å². The molecule has 0 bridgehead atoms. The first kappa shape index (κ1) is 27.5. The summed E-state index contributed by atoms with van der Waals surface area (Å²) in [6, 6.07) is 2.93. The first-order valence-electron chi connectivity index (χ1n) is 10.6. The third kappa shape index (κ3) is 10.1. The lowest BCUT2D eigenvalue weighted by Crippen LogP contribution is -2.32. The van der Waals surface area contributed by atoms with Gasteiger partial charge >= 0.3 is 12.1 Å². The van der Waals surface area contributed by atoms with Crippen LogP contribution in [0.3, 0.4) is 0 Å². The van der Waals surface area contributed by atoms with Gasteiger partial charge < -0.3 is 19.3 Å². The zero-order valence-electron chi connectivity index (χ0n) is 18.6. The van der Waals surface area contributed by atoms with Crippen LogP contribution < -0.4 is 0 Å². The van der Waals surface area contributed by atoms with Crippen molar-refractivity contribution in [1.82, 2.24) is 24.1 Å². The number of fused-ring (bicyclic) bond motifs is 1. The molecule has 2 N–H and O–H groups in total. The lowest BCUT2D eigenvalue weighted by atomic mass is 10.0. The van der Waals surface area contributed by atoms with Crippen LogP contribution in [0.25, 0.3) is 5.65 Å². The van der Waals surface area contributed by atoms with E-state index in [4.69, 9.17) is 10.2 Å². The van der Waals surface area contributed by atoms with Gasteiger partial charge in [-0.15, -0.1) is 10.2 Å². The summed E-state index contributed by atoms with van der Waals surface area (Å²) in [6.45, 7) is 1.08.